The Morgan fingerprint density at radius 1 is 1.15 bits per heavy atom. The fourth-order valence-corrected chi connectivity index (χ4v) is 11.0. The third kappa shape index (κ3) is 5.55. The second kappa shape index (κ2) is 9.51. The van der Waals surface area contributed by atoms with E-state index in [0.29, 0.717) is 13.0 Å². The molecule has 4 nitrogen and oxygen atoms in total. The molecule has 0 saturated heterocycles. The van der Waals surface area contributed by atoms with Crippen molar-refractivity contribution in [3.05, 3.63) is 54.4 Å². The Balaban J connectivity index is 2.42. The van der Waals surface area contributed by atoms with E-state index >= 15 is 0 Å². The fraction of sp³-hybridized carbons (Fsp3) is 0.429. The van der Waals surface area contributed by atoms with Gasteiger partial charge in [0.25, 0.3) is 0 Å². The van der Waals surface area contributed by atoms with Crippen LogP contribution >= 0.6 is 0 Å². The van der Waals surface area contributed by atoms with Gasteiger partial charge in [-0.25, -0.2) is 0 Å². The number of hydrogen-bond donors (Lipinski definition) is 0. The Labute approximate surface area is 164 Å². The molecule has 0 N–H and O–H groups in total. The van der Waals surface area contributed by atoms with Gasteiger partial charge in [0.1, 0.15) is 0 Å². The van der Waals surface area contributed by atoms with E-state index in [9.17, 15) is 4.79 Å². The van der Waals surface area contributed by atoms with Crippen LogP contribution < -0.4 is 0 Å². The van der Waals surface area contributed by atoms with E-state index in [1.165, 1.54) is 0 Å². The predicted molar refractivity (Wildman–Crippen MR) is 106 cm³/mol. The van der Waals surface area contributed by atoms with Crippen LogP contribution in [0.15, 0.2) is 48.8 Å². The van der Waals surface area contributed by atoms with E-state index < -0.39 is 20.2 Å². The molecule has 5 heteroatoms. The van der Waals surface area contributed by atoms with E-state index in [0.717, 1.165) is 16.7 Å². The number of benzene rings is 1. The molecule has 0 spiro atoms. The summed E-state index contributed by atoms with van der Waals surface area (Å²) in [5.41, 5.74) is 3.25. The summed E-state index contributed by atoms with van der Waals surface area (Å²) in [6.45, 7) is 8.85. The van der Waals surface area contributed by atoms with Gasteiger partial charge in [-0.2, -0.15) is 0 Å². The number of hydrogen-bond acceptors (Lipinski definition) is 4. The summed E-state index contributed by atoms with van der Waals surface area (Å²) in [6, 6.07) is 12.3. The molecule has 0 fully saturated rings. The average Bonchev–Trinajstić information content (AvgIpc) is 2.61. The summed E-state index contributed by atoms with van der Waals surface area (Å²) in [7, 11) is 1.78. The van der Waals surface area contributed by atoms with Gasteiger partial charge in [-0.3, -0.25) is 0 Å². The van der Waals surface area contributed by atoms with Crippen LogP contribution in [0.3, 0.4) is 0 Å². The predicted octanol–water partition coefficient (Wildman–Crippen LogP) is 4.76. The van der Waals surface area contributed by atoms with Crippen LogP contribution in [-0.4, -0.2) is 44.8 Å². The van der Waals surface area contributed by atoms with Crippen molar-refractivity contribution in [1.82, 2.24) is 4.98 Å². The van der Waals surface area contributed by atoms with Crippen LogP contribution in [0.25, 0.3) is 11.1 Å². The van der Waals surface area contributed by atoms with E-state index in [2.05, 4.69) is 44.0 Å². The molecule has 0 saturated carbocycles. The summed E-state index contributed by atoms with van der Waals surface area (Å²) in [5, 5.41) is 0. The monoisotopic (exact) mass is 462 g/mol. The molecule has 26 heavy (non-hydrogen) atoms. The standard InChI is InChI=1S/C16H16NO2.C4H9.CH3O.Sn/c1-2-19-16(18)9-8-13-10-15(12-17-11-13)14-6-4-3-5-7-14;1-4(2)3;1-2;/h3-8,10-12H,2,9H2,1H3;1-3H3;1H3;/q;;-1;+2. The van der Waals surface area contributed by atoms with Crippen molar-refractivity contribution in [2.24, 2.45) is 0 Å². The molecule has 0 unspecified atom stereocenters. The molecule has 1 aromatic heterocycles. The second-order valence-corrected chi connectivity index (χ2v) is 16.8. The number of nitrogens with zero attached hydrogens (tertiary/aromatic N) is 1. The van der Waals surface area contributed by atoms with Crippen LogP contribution in [0.5, 0.6) is 0 Å². The van der Waals surface area contributed by atoms with Crippen LogP contribution in [0.2, 0.25) is 3.43 Å². The molecule has 0 aliphatic carbocycles. The van der Waals surface area contributed by atoms with Gasteiger partial charge in [-0.05, 0) is 0 Å². The van der Waals surface area contributed by atoms with Gasteiger partial charge in [-0.15, -0.1) is 0 Å². The maximum absolute atomic E-state index is 12.3. The van der Waals surface area contributed by atoms with Crippen LogP contribution in [0.4, 0.5) is 0 Å². The molecular formula is C21H28NO3Sn+. The number of pyridine rings is 1. The van der Waals surface area contributed by atoms with Crippen LogP contribution in [-0.2, 0) is 12.6 Å². The number of aromatic nitrogens is 1. The van der Waals surface area contributed by atoms with E-state index in [4.69, 9.17) is 7.81 Å². The second-order valence-electron chi connectivity index (χ2n) is 7.25. The Kier molecular flexibility index (Phi) is 7.65. The molecular weight excluding hydrogens is 433 g/mol. The first-order valence-electron chi connectivity index (χ1n) is 8.94. The van der Waals surface area contributed by atoms with Gasteiger partial charge in [0.2, 0.25) is 0 Å². The number of rotatable bonds is 7. The molecule has 2 aromatic rings. The zero-order valence-corrected chi connectivity index (χ0v) is 19.1. The number of ether oxygens (including phenoxy) is 1. The topological polar surface area (TPSA) is 48.4 Å². The molecule has 0 bridgehead atoms. The summed E-state index contributed by atoms with van der Waals surface area (Å²) in [5.74, 6) is -0.165. The van der Waals surface area contributed by atoms with Crippen LogP contribution in [0, 0.1) is 0 Å². The van der Waals surface area contributed by atoms with Crippen molar-refractivity contribution < 1.29 is 12.6 Å². The first kappa shape index (κ1) is 20.9. The minimum atomic E-state index is -2.46. The molecule has 1 heterocycles. The zero-order chi connectivity index (χ0) is 19.2. The first-order valence-corrected chi connectivity index (χ1v) is 13.2. The van der Waals surface area contributed by atoms with Gasteiger partial charge in [-0.1, -0.05) is 0 Å². The SMILES string of the molecule is CCOC(=O)C[C@@H](c1cncc(-c2ccccc2)c1)[Sn+]([O]C)[C](C)(C)C. The summed E-state index contributed by atoms with van der Waals surface area (Å²) < 4.78 is 11.4. The Bertz CT molecular complexity index is 713. The molecule has 0 radical (unpaired) electrons. The van der Waals surface area contributed by atoms with Crippen LogP contribution in [0.1, 0.15) is 43.6 Å². The average molecular weight is 461 g/mol. The van der Waals surface area contributed by atoms with E-state index in [-0.39, 0.29) is 13.3 Å². The van der Waals surface area contributed by atoms with Gasteiger partial charge >= 0.3 is 164 Å². The normalized spacial score (nSPS) is 12.5. The Hall–Kier alpha value is -1.40. The molecule has 1 aromatic carbocycles. The van der Waals surface area contributed by atoms with Gasteiger partial charge < -0.3 is 0 Å². The summed E-state index contributed by atoms with van der Waals surface area (Å²) in [6.07, 6.45) is 4.10. The molecule has 1 atom stereocenters. The molecule has 138 valence electrons. The third-order valence-corrected chi connectivity index (χ3v) is 13.0. The molecule has 0 aliphatic heterocycles. The van der Waals surface area contributed by atoms with Gasteiger partial charge in [0.05, 0.1) is 0 Å². The summed E-state index contributed by atoms with van der Waals surface area (Å²) in [4.78, 5) is 16.7. The van der Waals surface area contributed by atoms with Crippen molar-refractivity contribution >= 4 is 26.1 Å². The number of carbonyl (C=O) groups excluding carboxylic acids is 1. The van der Waals surface area contributed by atoms with Gasteiger partial charge in [0.15, 0.2) is 0 Å². The number of esters is 1. The van der Waals surface area contributed by atoms with Crippen molar-refractivity contribution in [3.63, 3.8) is 0 Å². The van der Waals surface area contributed by atoms with Gasteiger partial charge in [0, 0.05) is 0 Å². The first-order chi connectivity index (χ1) is 12.4. The Morgan fingerprint density at radius 2 is 1.85 bits per heavy atom. The number of carbonyl (C=O) groups is 1. The van der Waals surface area contributed by atoms with Crippen molar-refractivity contribution in [2.75, 3.05) is 13.7 Å². The van der Waals surface area contributed by atoms with Crippen molar-refractivity contribution in [1.29, 1.82) is 0 Å². The van der Waals surface area contributed by atoms with Crippen molar-refractivity contribution in [3.8, 4) is 11.1 Å². The van der Waals surface area contributed by atoms with E-state index in [1.54, 1.807) is 7.11 Å². The molecule has 2 rings (SSSR count). The molecule has 0 aliphatic rings. The maximum atomic E-state index is 12.3. The quantitative estimate of drug-likeness (QED) is 0.441. The fourth-order valence-electron chi connectivity index (χ4n) is 3.16. The summed E-state index contributed by atoms with van der Waals surface area (Å²) >= 11 is -2.46. The molecule has 0 amide bonds. The minimum absolute atomic E-state index is 0.0664. The zero-order valence-electron chi connectivity index (χ0n) is 16.3. The van der Waals surface area contributed by atoms with Crippen molar-refractivity contribution in [2.45, 2.75) is 41.5 Å². The third-order valence-electron chi connectivity index (χ3n) is 4.22. The Morgan fingerprint density at radius 3 is 2.42 bits per heavy atom. The van der Waals surface area contributed by atoms with E-state index in [1.807, 2.05) is 37.5 Å².